The van der Waals surface area contributed by atoms with Gasteiger partial charge in [0.25, 0.3) is 5.91 Å². The highest BCUT2D eigenvalue weighted by molar-refractivity contribution is 6.04. The Balaban J connectivity index is 1.24. The highest BCUT2D eigenvalue weighted by Gasteiger charge is 2.48. The van der Waals surface area contributed by atoms with Gasteiger partial charge in [0.1, 0.15) is 18.0 Å². The Morgan fingerprint density at radius 2 is 1.66 bits per heavy atom. The SMILES string of the molecule is COc1ccc(-c2ccnc(NC3COC4C(NC(=O)c5ccccc5C(=O)O)COC34)n2)cc1. The van der Waals surface area contributed by atoms with Crippen LogP contribution in [0, 0.1) is 0 Å². The molecule has 2 saturated heterocycles. The average Bonchev–Trinajstić information content (AvgIpc) is 3.47. The van der Waals surface area contributed by atoms with Crippen molar-refractivity contribution in [1.82, 2.24) is 15.3 Å². The molecule has 2 fully saturated rings. The Kier molecular flexibility index (Phi) is 6.30. The minimum Gasteiger partial charge on any atom is -0.497 e. The molecule has 180 valence electrons. The number of rotatable bonds is 7. The van der Waals surface area contributed by atoms with E-state index < -0.39 is 17.9 Å². The molecule has 5 rings (SSSR count). The third-order valence-electron chi connectivity index (χ3n) is 6.13. The van der Waals surface area contributed by atoms with E-state index in [-0.39, 0.29) is 36.0 Å². The second kappa shape index (κ2) is 9.69. The van der Waals surface area contributed by atoms with Crippen molar-refractivity contribution >= 4 is 17.8 Å². The molecular weight excluding hydrogens is 452 g/mol. The van der Waals surface area contributed by atoms with Crippen molar-refractivity contribution in [2.24, 2.45) is 0 Å². The van der Waals surface area contributed by atoms with Crippen molar-refractivity contribution < 1.29 is 28.9 Å². The summed E-state index contributed by atoms with van der Waals surface area (Å²) in [7, 11) is 1.62. The molecule has 3 heterocycles. The van der Waals surface area contributed by atoms with Crippen LogP contribution in [0.2, 0.25) is 0 Å². The van der Waals surface area contributed by atoms with Gasteiger partial charge in [-0.3, -0.25) is 4.79 Å². The molecule has 3 aromatic rings. The highest BCUT2D eigenvalue weighted by atomic mass is 16.6. The molecule has 2 aliphatic rings. The maximum absolute atomic E-state index is 12.8. The Morgan fingerprint density at radius 1 is 0.971 bits per heavy atom. The molecule has 0 radical (unpaired) electrons. The third-order valence-corrected chi connectivity index (χ3v) is 6.13. The molecule has 0 aliphatic carbocycles. The lowest BCUT2D eigenvalue weighted by molar-refractivity contribution is 0.0646. The van der Waals surface area contributed by atoms with Crippen LogP contribution in [-0.4, -0.2) is 71.6 Å². The summed E-state index contributed by atoms with van der Waals surface area (Å²) in [5.41, 5.74) is 1.73. The summed E-state index contributed by atoms with van der Waals surface area (Å²) in [6, 6.07) is 14.9. The molecule has 0 spiro atoms. The predicted octanol–water partition coefficient (Wildman–Crippen LogP) is 2.23. The molecule has 0 saturated carbocycles. The number of carbonyl (C=O) groups excluding carboxylic acids is 1. The zero-order valence-corrected chi connectivity index (χ0v) is 18.9. The van der Waals surface area contributed by atoms with Crippen molar-refractivity contribution in [3.63, 3.8) is 0 Å². The minimum atomic E-state index is -1.16. The van der Waals surface area contributed by atoms with Gasteiger partial charge in [-0.15, -0.1) is 0 Å². The number of nitrogens with one attached hydrogen (secondary N) is 2. The van der Waals surface area contributed by atoms with Crippen LogP contribution in [0.15, 0.2) is 60.8 Å². The van der Waals surface area contributed by atoms with Gasteiger partial charge in [0, 0.05) is 11.8 Å². The van der Waals surface area contributed by atoms with E-state index in [9.17, 15) is 14.7 Å². The molecule has 10 heteroatoms. The van der Waals surface area contributed by atoms with Gasteiger partial charge >= 0.3 is 5.97 Å². The van der Waals surface area contributed by atoms with Gasteiger partial charge in [-0.2, -0.15) is 0 Å². The number of amides is 1. The van der Waals surface area contributed by atoms with E-state index >= 15 is 0 Å². The number of carboxylic acid groups (broad SMARTS) is 1. The first kappa shape index (κ1) is 22.8. The van der Waals surface area contributed by atoms with Crippen molar-refractivity contribution in [1.29, 1.82) is 0 Å². The third kappa shape index (κ3) is 4.66. The van der Waals surface area contributed by atoms with E-state index in [0.29, 0.717) is 12.6 Å². The number of aromatic nitrogens is 2. The summed E-state index contributed by atoms with van der Waals surface area (Å²) < 4.78 is 17.1. The van der Waals surface area contributed by atoms with Crippen LogP contribution in [0.3, 0.4) is 0 Å². The fourth-order valence-corrected chi connectivity index (χ4v) is 4.38. The second-order valence-electron chi connectivity index (χ2n) is 8.27. The first-order valence-electron chi connectivity index (χ1n) is 11.1. The predicted molar refractivity (Wildman–Crippen MR) is 126 cm³/mol. The number of aromatic carboxylic acids is 1. The van der Waals surface area contributed by atoms with Crippen LogP contribution < -0.4 is 15.4 Å². The molecule has 2 aliphatic heterocycles. The largest absolute Gasteiger partial charge is 0.497 e. The van der Waals surface area contributed by atoms with Crippen molar-refractivity contribution in [2.45, 2.75) is 24.3 Å². The molecular formula is C25H24N4O6. The molecule has 10 nitrogen and oxygen atoms in total. The monoisotopic (exact) mass is 476 g/mol. The van der Waals surface area contributed by atoms with Gasteiger partial charge in [-0.1, -0.05) is 12.1 Å². The van der Waals surface area contributed by atoms with Gasteiger partial charge in [0.2, 0.25) is 5.95 Å². The molecule has 1 amide bonds. The summed E-state index contributed by atoms with van der Waals surface area (Å²) in [5, 5.41) is 15.5. The maximum atomic E-state index is 12.8. The van der Waals surface area contributed by atoms with Gasteiger partial charge in [0.05, 0.1) is 49.2 Å². The number of carboxylic acids is 1. The van der Waals surface area contributed by atoms with Gasteiger partial charge in [-0.05, 0) is 42.5 Å². The van der Waals surface area contributed by atoms with Crippen LogP contribution in [-0.2, 0) is 9.47 Å². The first-order chi connectivity index (χ1) is 17.0. The maximum Gasteiger partial charge on any atom is 0.336 e. The lowest BCUT2D eigenvalue weighted by Crippen LogP contribution is -2.45. The van der Waals surface area contributed by atoms with Crippen LogP contribution in [0.25, 0.3) is 11.3 Å². The summed E-state index contributed by atoms with van der Waals surface area (Å²) in [5.74, 6) is -0.428. The molecule has 35 heavy (non-hydrogen) atoms. The number of hydrogen-bond acceptors (Lipinski definition) is 8. The number of nitrogens with zero attached hydrogens (tertiary/aromatic N) is 2. The zero-order valence-electron chi connectivity index (χ0n) is 18.9. The number of methoxy groups -OCH3 is 1. The lowest BCUT2D eigenvalue weighted by Gasteiger charge is -2.19. The van der Waals surface area contributed by atoms with E-state index in [1.54, 1.807) is 25.4 Å². The van der Waals surface area contributed by atoms with Gasteiger partial charge in [-0.25, -0.2) is 14.8 Å². The molecule has 0 bridgehead atoms. The van der Waals surface area contributed by atoms with E-state index in [4.69, 9.17) is 14.2 Å². The summed E-state index contributed by atoms with van der Waals surface area (Å²) >= 11 is 0. The zero-order chi connectivity index (χ0) is 24.4. The molecule has 2 aromatic carbocycles. The quantitative estimate of drug-likeness (QED) is 0.470. The summed E-state index contributed by atoms with van der Waals surface area (Å²) in [6.07, 6.45) is 0.988. The molecule has 1 aromatic heterocycles. The smallest absolute Gasteiger partial charge is 0.336 e. The van der Waals surface area contributed by atoms with E-state index in [1.807, 2.05) is 30.3 Å². The highest BCUT2D eigenvalue weighted by Crippen LogP contribution is 2.29. The van der Waals surface area contributed by atoms with Crippen molar-refractivity contribution in [3.8, 4) is 17.0 Å². The molecule has 4 unspecified atom stereocenters. The Morgan fingerprint density at radius 3 is 2.37 bits per heavy atom. The number of benzene rings is 2. The lowest BCUT2D eigenvalue weighted by atomic mass is 10.0. The number of hydrogen-bond donors (Lipinski definition) is 3. The summed E-state index contributed by atoms with van der Waals surface area (Å²) in [4.78, 5) is 33.2. The average molecular weight is 476 g/mol. The molecule has 4 atom stereocenters. The van der Waals surface area contributed by atoms with Crippen LogP contribution in [0.5, 0.6) is 5.75 Å². The number of anilines is 1. The topological polar surface area (TPSA) is 132 Å². The van der Waals surface area contributed by atoms with Gasteiger partial charge in [0.15, 0.2) is 0 Å². The minimum absolute atomic E-state index is 0.0544. The Hall–Kier alpha value is -4.02. The Bertz CT molecular complexity index is 1230. The van der Waals surface area contributed by atoms with Crippen LogP contribution in [0.1, 0.15) is 20.7 Å². The van der Waals surface area contributed by atoms with Crippen molar-refractivity contribution in [3.05, 3.63) is 71.9 Å². The Labute approximate surface area is 201 Å². The normalized spacial score (nSPS) is 22.9. The fraction of sp³-hybridized carbons (Fsp3) is 0.280. The molecule has 3 N–H and O–H groups in total. The first-order valence-corrected chi connectivity index (χ1v) is 11.1. The van der Waals surface area contributed by atoms with E-state index in [1.165, 1.54) is 12.1 Å². The van der Waals surface area contributed by atoms with E-state index in [0.717, 1.165) is 17.0 Å². The standard InChI is InChI=1S/C25H24N4O6/c1-33-15-8-6-14(7-9-15)18-10-11-26-25(28-18)29-20-13-35-21-19(12-34-22(20)21)27-23(30)16-4-2-3-5-17(16)24(31)32/h2-11,19-22H,12-13H2,1H3,(H,27,30)(H,31,32)(H,26,28,29). The number of carbonyl (C=O) groups is 2. The summed E-state index contributed by atoms with van der Waals surface area (Å²) in [6.45, 7) is 0.602. The fourth-order valence-electron chi connectivity index (χ4n) is 4.38. The van der Waals surface area contributed by atoms with Crippen molar-refractivity contribution in [2.75, 3.05) is 25.6 Å². The van der Waals surface area contributed by atoms with Crippen LogP contribution >= 0.6 is 0 Å². The van der Waals surface area contributed by atoms with E-state index in [2.05, 4.69) is 20.6 Å². The number of fused-ring (bicyclic) bond motifs is 1. The number of ether oxygens (including phenoxy) is 3. The van der Waals surface area contributed by atoms with Gasteiger partial charge < -0.3 is 30.0 Å². The second-order valence-corrected chi connectivity index (χ2v) is 8.27. The van der Waals surface area contributed by atoms with Crippen LogP contribution in [0.4, 0.5) is 5.95 Å².